The van der Waals surface area contributed by atoms with Gasteiger partial charge in [0.1, 0.15) is 0 Å². The third-order valence-corrected chi connectivity index (χ3v) is 16.8. The molecule has 6 heteroatoms. The van der Waals surface area contributed by atoms with Gasteiger partial charge in [-0.25, -0.2) is 0 Å². The lowest BCUT2D eigenvalue weighted by atomic mass is 9.34. The van der Waals surface area contributed by atoms with Gasteiger partial charge in [-0.15, -0.1) is 0 Å². The van der Waals surface area contributed by atoms with E-state index in [2.05, 4.69) is 186 Å². The minimum Gasteiger partial charge on any atom is -0.310 e. The fourth-order valence-corrected chi connectivity index (χ4v) is 12.5. The van der Waals surface area contributed by atoms with E-state index >= 15 is 0 Å². The van der Waals surface area contributed by atoms with Crippen LogP contribution in [0.25, 0.3) is 82.5 Å². The molecule has 0 N–H and O–H groups in total. The first-order chi connectivity index (χ1) is 26.1. The molecule has 10 aromatic rings. The highest BCUT2D eigenvalue weighted by atomic mass is 28.3. The molecular formula is C48H40BN3Si2. The van der Waals surface area contributed by atoms with Crippen LogP contribution in [0.3, 0.4) is 0 Å². The van der Waals surface area contributed by atoms with E-state index in [-0.39, 0.29) is 6.71 Å². The molecule has 0 radical (unpaired) electrons. The lowest BCUT2D eigenvalue weighted by molar-refractivity contribution is 1.10. The van der Waals surface area contributed by atoms with Gasteiger partial charge < -0.3 is 13.7 Å². The minimum absolute atomic E-state index is 0.127. The second-order valence-electron chi connectivity index (χ2n) is 17.8. The molecule has 2 aliphatic rings. The predicted octanol–water partition coefficient (Wildman–Crippen LogP) is 9.21. The third-order valence-electron chi connectivity index (χ3n) is 12.7. The van der Waals surface area contributed by atoms with Crippen molar-refractivity contribution in [3.8, 4) is 17.1 Å². The van der Waals surface area contributed by atoms with E-state index in [0.29, 0.717) is 0 Å². The third kappa shape index (κ3) is 3.82. The highest BCUT2D eigenvalue weighted by Gasteiger charge is 2.41. The zero-order valence-corrected chi connectivity index (χ0v) is 33.6. The molecular weight excluding hydrogens is 686 g/mol. The molecule has 0 saturated heterocycles. The van der Waals surface area contributed by atoms with Crippen molar-refractivity contribution in [3.63, 3.8) is 0 Å². The van der Waals surface area contributed by atoms with E-state index in [4.69, 9.17) is 0 Å². The Morgan fingerprint density at radius 2 is 0.815 bits per heavy atom. The van der Waals surface area contributed by atoms with Crippen molar-refractivity contribution in [2.75, 3.05) is 0 Å². The molecule has 0 spiro atoms. The van der Waals surface area contributed by atoms with E-state index in [9.17, 15) is 0 Å². The van der Waals surface area contributed by atoms with Crippen LogP contribution in [-0.4, -0.2) is 36.6 Å². The van der Waals surface area contributed by atoms with Crippen molar-refractivity contribution in [2.45, 2.75) is 39.3 Å². The van der Waals surface area contributed by atoms with Gasteiger partial charge in [0.25, 0.3) is 6.71 Å². The summed E-state index contributed by atoms with van der Waals surface area (Å²) in [5.74, 6) is 0. The van der Waals surface area contributed by atoms with E-state index < -0.39 is 16.1 Å². The summed E-state index contributed by atoms with van der Waals surface area (Å²) in [4.78, 5) is 0. The van der Waals surface area contributed by atoms with E-state index in [1.54, 1.807) is 0 Å². The summed E-state index contributed by atoms with van der Waals surface area (Å²) in [6.07, 6.45) is 0. The number of hydrogen-bond acceptors (Lipinski definition) is 0. The quantitative estimate of drug-likeness (QED) is 0.162. The molecule has 0 atom stereocenters. The molecule has 0 aliphatic carbocycles. The highest BCUT2D eigenvalue weighted by Crippen LogP contribution is 2.41. The highest BCUT2D eigenvalue weighted by molar-refractivity contribution is 7.00. The van der Waals surface area contributed by atoms with Crippen molar-refractivity contribution in [1.29, 1.82) is 0 Å². The van der Waals surface area contributed by atoms with Gasteiger partial charge >= 0.3 is 0 Å². The van der Waals surface area contributed by atoms with Crippen molar-refractivity contribution in [1.82, 2.24) is 13.7 Å². The number of hydrogen-bond donors (Lipinski definition) is 0. The van der Waals surface area contributed by atoms with E-state index in [0.717, 1.165) is 0 Å². The summed E-state index contributed by atoms with van der Waals surface area (Å²) >= 11 is 0. The summed E-state index contributed by atoms with van der Waals surface area (Å²) in [7, 11) is -3.12. The number of fused-ring (bicyclic) bond motifs is 13. The van der Waals surface area contributed by atoms with Gasteiger partial charge in [-0.05, 0) is 52.8 Å². The summed E-state index contributed by atoms with van der Waals surface area (Å²) in [6.45, 7) is 14.9. The first-order valence-electron chi connectivity index (χ1n) is 19.4. The fourth-order valence-electron chi connectivity index (χ4n) is 10.2. The average Bonchev–Trinajstić information content (AvgIpc) is 3.81. The van der Waals surface area contributed by atoms with Gasteiger partial charge in [0.05, 0.1) is 43.9 Å². The van der Waals surface area contributed by atoms with Crippen LogP contribution in [0.4, 0.5) is 0 Å². The summed E-state index contributed by atoms with van der Waals surface area (Å²) < 4.78 is 7.76. The average molecular weight is 726 g/mol. The molecule has 5 heterocycles. The molecule has 3 nitrogen and oxygen atoms in total. The van der Waals surface area contributed by atoms with Crippen molar-refractivity contribution >= 4 is 115 Å². The summed E-state index contributed by atoms with van der Waals surface area (Å²) in [5.41, 5.74) is 15.7. The minimum atomic E-state index is -1.56. The number of para-hydroxylation sites is 4. The normalized spacial score (nSPS) is 13.7. The molecule has 0 unspecified atom stereocenters. The Hall–Kier alpha value is -5.56. The lowest BCUT2D eigenvalue weighted by Gasteiger charge is -2.34. The maximum atomic E-state index is 2.59. The van der Waals surface area contributed by atoms with Crippen molar-refractivity contribution in [2.24, 2.45) is 0 Å². The van der Waals surface area contributed by atoms with Gasteiger partial charge in [-0.2, -0.15) is 0 Å². The molecule has 54 heavy (non-hydrogen) atoms. The smallest absolute Gasteiger partial charge is 0.252 e. The maximum absolute atomic E-state index is 2.59. The Balaban J connectivity index is 1.29. The first kappa shape index (κ1) is 30.9. The Bertz CT molecular complexity index is 3100. The van der Waals surface area contributed by atoms with Crippen LogP contribution in [0, 0.1) is 0 Å². The van der Waals surface area contributed by atoms with E-state index in [1.165, 1.54) is 109 Å². The molecule has 0 saturated carbocycles. The van der Waals surface area contributed by atoms with Crippen LogP contribution >= 0.6 is 0 Å². The maximum Gasteiger partial charge on any atom is 0.252 e. The largest absolute Gasteiger partial charge is 0.310 e. The summed E-state index contributed by atoms with van der Waals surface area (Å²) in [5, 5.41) is 11.0. The van der Waals surface area contributed by atoms with Crippen molar-refractivity contribution in [3.05, 3.63) is 133 Å². The molecule has 7 aromatic carbocycles. The van der Waals surface area contributed by atoms with Gasteiger partial charge in [-0.3, -0.25) is 0 Å². The second kappa shape index (κ2) is 10.1. The van der Waals surface area contributed by atoms with Gasteiger partial charge in [-0.1, -0.05) is 147 Å². The molecule has 258 valence electrons. The fraction of sp³-hybridized carbons (Fsp3) is 0.125. The standard InChI is InChI=1S/C48H40BN3Si2/c1-53(2,3)30-21-23-42-36(27-30)37-28-31(54(4,5)6)22-24-43(37)50(42)29-25-44-46-45(26-29)52-41-20-10-8-14-33(41)35-16-12-18-39(48(35)52)49(46)38-17-11-15-34-32-13-7-9-19-40(32)51(44)47(34)38/h7-28H,1-6H3. The number of aromatic nitrogens is 3. The predicted molar refractivity (Wildman–Crippen MR) is 240 cm³/mol. The van der Waals surface area contributed by atoms with Gasteiger partial charge in [0, 0.05) is 54.7 Å². The Kier molecular flexibility index (Phi) is 5.79. The van der Waals surface area contributed by atoms with Gasteiger partial charge in [0.2, 0.25) is 0 Å². The molecule has 0 fully saturated rings. The van der Waals surface area contributed by atoms with Crippen LogP contribution < -0.4 is 26.8 Å². The molecule has 12 rings (SSSR count). The monoisotopic (exact) mass is 725 g/mol. The zero-order chi connectivity index (χ0) is 36.4. The van der Waals surface area contributed by atoms with Crippen LogP contribution in [0.1, 0.15) is 0 Å². The van der Waals surface area contributed by atoms with Crippen molar-refractivity contribution < 1.29 is 0 Å². The lowest BCUT2D eigenvalue weighted by Crippen LogP contribution is -2.59. The number of nitrogens with zero attached hydrogens (tertiary/aromatic N) is 3. The van der Waals surface area contributed by atoms with Crippen LogP contribution in [0.15, 0.2) is 133 Å². The van der Waals surface area contributed by atoms with Gasteiger partial charge in [0.15, 0.2) is 0 Å². The van der Waals surface area contributed by atoms with Crippen LogP contribution in [0.2, 0.25) is 39.3 Å². The Morgan fingerprint density at radius 3 is 1.28 bits per heavy atom. The SMILES string of the molecule is C[Si](C)(C)c1ccc2c(c1)c1cc([Si](C)(C)C)ccc1n2-c1cc2c3c(c1)-n1c4ccccc4c4cccc(c41)B3c1cccc3c4ccccc4n-2c13. The number of rotatable bonds is 3. The van der Waals surface area contributed by atoms with Crippen LogP contribution in [-0.2, 0) is 0 Å². The Labute approximate surface area is 317 Å². The Morgan fingerprint density at radius 1 is 0.389 bits per heavy atom. The topological polar surface area (TPSA) is 14.8 Å². The first-order valence-corrected chi connectivity index (χ1v) is 26.4. The molecule has 0 amide bonds. The van der Waals surface area contributed by atoms with E-state index in [1.807, 2.05) is 0 Å². The molecule has 0 bridgehead atoms. The molecule has 3 aromatic heterocycles. The molecule has 2 aliphatic heterocycles. The second-order valence-corrected chi connectivity index (χ2v) is 28.0. The summed E-state index contributed by atoms with van der Waals surface area (Å²) in [6, 6.07) is 51.8. The van der Waals surface area contributed by atoms with Crippen LogP contribution in [0.5, 0.6) is 0 Å². The number of benzene rings is 7. The zero-order valence-electron chi connectivity index (χ0n) is 31.6.